The molecule has 0 radical (unpaired) electrons. The van der Waals surface area contributed by atoms with Crippen molar-refractivity contribution in [2.75, 3.05) is 13.1 Å². The maximum absolute atomic E-state index is 13.6. The van der Waals surface area contributed by atoms with Crippen LogP contribution in [0.4, 0.5) is 4.39 Å². The van der Waals surface area contributed by atoms with Gasteiger partial charge in [-0.3, -0.25) is 19.6 Å². The molecule has 2 aromatic heterocycles. The third-order valence-corrected chi connectivity index (χ3v) is 6.24. The Morgan fingerprint density at radius 3 is 2.83 bits per heavy atom. The molecule has 1 atom stereocenters. The van der Waals surface area contributed by atoms with Crippen LogP contribution >= 0.6 is 0 Å². The Bertz CT molecular complexity index is 1290. The van der Waals surface area contributed by atoms with E-state index in [-0.39, 0.29) is 17.6 Å². The zero-order valence-corrected chi connectivity index (χ0v) is 16.4. The lowest BCUT2D eigenvalue weighted by Crippen LogP contribution is -2.37. The summed E-state index contributed by atoms with van der Waals surface area (Å²) in [6.07, 6.45) is 2.32. The van der Waals surface area contributed by atoms with E-state index in [9.17, 15) is 18.8 Å². The van der Waals surface area contributed by atoms with Gasteiger partial charge < -0.3 is 14.6 Å². The van der Waals surface area contributed by atoms with Crippen LogP contribution in [0.1, 0.15) is 40.9 Å². The van der Waals surface area contributed by atoms with Crippen molar-refractivity contribution in [3.8, 4) is 5.88 Å². The predicted octanol–water partition coefficient (Wildman–Crippen LogP) is 1.99. The summed E-state index contributed by atoms with van der Waals surface area (Å²) in [5.74, 6) is -0.244. The number of nitrogens with zero attached hydrogens (tertiary/aromatic N) is 1. The van der Waals surface area contributed by atoms with Crippen molar-refractivity contribution >= 4 is 16.8 Å². The SMILES string of the molecule is Cc1c(C(=O)N2CCC[C@@]3(CC2)Cc2c([nH]c(=O)[nH]c2=O)O3)[nH]c2ccc(F)cc12. The summed E-state index contributed by atoms with van der Waals surface area (Å²) >= 11 is 0. The van der Waals surface area contributed by atoms with Gasteiger partial charge in [-0.2, -0.15) is 0 Å². The Balaban J connectivity index is 1.38. The average Bonchev–Trinajstić information content (AvgIpc) is 3.14. The minimum atomic E-state index is -0.604. The summed E-state index contributed by atoms with van der Waals surface area (Å²) < 4.78 is 19.6. The van der Waals surface area contributed by atoms with Gasteiger partial charge in [0.25, 0.3) is 11.5 Å². The van der Waals surface area contributed by atoms with Crippen LogP contribution in [0.5, 0.6) is 5.88 Å². The number of likely N-dealkylation sites (tertiary alicyclic amines) is 1. The summed E-state index contributed by atoms with van der Waals surface area (Å²) in [6, 6.07) is 4.42. The Morgan fingerprint density at radius 2 is 2.00 bits per heavy atom. The van der Waals surface area contributed by atoms with Crippen molar-refractivity contribution in [1.29, 1.82) is 0 Å². The van der Waals surface area contributed by atoms with Crippen LogP contribution in [0, 0.1) is 12.7 Å². The molecule has 8 nitrogen and oxygen atoms in total. The molecule has 1 spiro atoms. The summed E-state index contributed by atoms with van der Waals surface area (Å²) in [5.41, 5.74) is 0.734. The number of ether oxygens (including phenoxy) is 1. The number of halogens is 1. The smallest absolute Gasteiger partial charge is 0.328 e. The van der Waals surface area contributed by atoms with Crippen LogP contribution in [-0.4, -0.2) is 44.4 Å². The highest BCUT2D eigenvalue weighted by Crippen LogP contribution is 2.38. The molecule has 1 amide bonds. The number of carbonyl (C=O) groups excluding carboxylic acids is 1. The molecule has 0 saturated carbocycles. The molecule has 2 aliphatic rings. The Kier molecular flexibility index (Phi) is 4.09. The highest BCUT2D eigenvalue weighted by molar-refractivity contribution is 6.00. The quantitative estimate of drug-likeness (QED) is 0.568. The van der Waals surface area contributed by atoms with E-state index in [2.05, 4.69) is 15.0 Å². The molecule has 1 aromatic carbocycles. The lowest BCUT2D eigenvalue weighted by atomic mass is 9.90. The monoisotopic (exact) mass is 412 g/mol. The molecule has 0 aliphatic carbocycles. The van der Waals surface area contributed by atoms with Gasteiger partial charge in [-0.25, -0.2) is 9.18 Å². The Hall–Kier alpha value is -3.36. The number of rotatable bonds is 1. The fourth-order valence-electron chi connectivity index (χ4n) is 4.63. The molecule has 9 heteroatoms. The van der Waals surface area contributed by atoms with Crippen molar-refractivity contribution < 1.29 is 13.9 Å². The van der Waals surface area contributed by atoms with E-state index in [0.29, 0.717) is 55.4 Å². The van der Waals surface area contributed by atoms with Crippen molar-refractivity contribution in [2.24, 2.45) is 0 Å². The first-order valence-corrected chi connectivity index (χ1v) is 9.97. The van der Waals surface area contributed by atoms with Gasteiger partial charge in [0, 0.05) is 36.8 Å². The second kappa shape index (κ2) is 6.58. The Labute approximate surface area is 170 Å². The maximum atomic E-state index is 13.6. The number of benzene rings is 1. The number of carbonyl (C=O) groups is 1. The molecular formula is C21H21FN4O4. The number of hydrogen-bond acceptors (Lipinski definition) is 4. The first kappa shape index (κ1) is 18.7. The van der Waals surface area contributed by atoms with Gasteiger partial charge in [0.1, 0.15) is 17.1 Å². The van der Waals surface area contributed by atoms with Gasteiger partial charge in [-0.05, 0) is 43.5 Å². The van der Waals surface area contributed by atoms with Gasteiger partial charge in [0.05, 0.1) is 5.56 Å². The van der Waals surface area contributed by atoms with Gasteiger partial charge in [-0.15, -0.1) is 0 Å². The third-order valence-electron chi connectivity index (χ3n) is 6.24. The fourth-order valence-corrected chi connectivity index (χ4v) is 4.63. The van der Waals surface area contributed by atoms with Crippen LogP contribution in [0.2, 0.25) is 0 Å². The number of nitrogens with one attached hydrogen (secondary N) is 3. The first-order valence-electron chi connectivity index (χ1n) is 9.97. The molecule has 2 aliphatic heterocycles. The molecule has 1 fully saturated rings. The number of aryl methyl sites for hydroxylation is 1. The topological polar surface area (TPSA) is 111 Å². The van der Waals surface area contributed by atoms with Crippen molar-refractivity contribution in [3.63, 3.8) is 0 Å². The third kappa shape index (κ3) is 2.92. The molecule has 0 bridgehead atoms. The van der Waals surface area contributed by atoms with E-state index >= 15 is 0 Å². The average molecular weight is 412 g/mol. The van der Waals surface area contributed by atoms with Gasteiger partial charge >= 0.3 is 5.69 Å². The molecule has 4 heterocycles. The van der Waals surface area contributed by atoms with Crippen molar-refractivity contribution in [3.05, 3.63) is 61.7 Å². The lowest BCUT2D eigenvalue weighted by molar-refractivity contribution is 0.0654. The molecule has 156 valence electrons. The van der Waals surface area contributed by atoms with Crippen LogP contribution in [0.15, 0.2) is 27.8 Å². The largest absolute Gasteiger partial charge is 0.471 e. The minimum Gasteiger partial charge on any atom is -0.471 e. The summed E-state index contributed by atoms with van der Waals surface area (Å²) in [7, 11) is 0. The summed E-state index contributed by atoms with van der Waals surface area (Å²) in [5, 5.41) is 0.697. The van der Waals surface area contributed by atoms with E-state index in [0.717, 1.165) is 11.1 Å². The number of amides is 1. The number of hydrogen-bond donors (Lipinski definition) is 3. The standard InChI is InChI=1S/C21H21FN4O4/c1-11-13-9-12(22)3-4-15(13)23-16(11)19(28)26-7-2-5-21(6-8-26)10-14-17(27)24-20(29)25-18(14)30-21/h3-4,9,23H,2,5-8,10H2,1H3,(H2,24,25,27,29)/t21-/m1/s1. The van der Waals surface area contributed by atoms with Crippen LogP contribution in [0.3, 0.4) is 0 Å². The zero-order chi connectivity index (χ0) is 21.0. The predicted molar refractivity (Wildman–Crippen MR) is 107 cm³/mol. The number of H-pyrrole nitrogens is 3. The minimum absolute atomic E-state index is 0.136. The summed E-state index contributed by atoms with van der Waals surface area (Å²) in [4.78, 5) is 46.5. The van der Waals surface area contributed by atoms with E-state index < -0.39 is 16.9 Å². The molecule has 3 aromatic rings. The second-order valence-corrected chi connectivity index (χ2v) is 8.14. The Morgan fingerprint density at radius 1 is 1.17 bits per heavy atom. The number of aromatic nitrogens is 3. The maximum Gasteiger partial charge on any atom is 0.328 e. The van der Waals surface area contributed by atoms with Gasteiger partial charge in [0.2, 0.25) is 5.88 Å². The number of fused-ring (bicyclic) bond motifs is 2. The van der Waals surface area contributed by atoms with Gasteiger partial charge in [-0.1, -0.05) is 0 Å². The lowest BCUT2D eigenvalue weighted by Gasteiger charge is -2.27. The highest BCUT2D eigenvalue weighted by Gasteiger charge is 2.43. The number of aromatic amines is 3. The molecule has 0 unspecified atom stereocenters. The van der Waals surface area contributed by atoms with E-state index in [1.807, 2.05) is 6.92 Å². The molecule has 3 N–H and O–H groups in total. The molecular weight excluding hydrogens is 391 g/mol. The zero-order valence-electron chi connectivity index (χ0n) is 16.4. The van der Waals surface area contributed by atoms with Crippen LogP contribution in [-0.2, 0) is 6.42 Å². The van der Waals surface area contributed by atoms with Crippen LogP contribution in [0.25, 0.3) is 10.9 Å². The molecule has 30 heavy (non-hydrogen) atoms. The van der Waals surface area contributed by atoms with E-state index in [4.69, 9.17) is 4.74 Å². The van der Waals surface area contributed by atoms with Crippen LogP contribution < -0.4 is 16.0 Å². The first-order chi connectivity index (χ1) is 14.3. The summed E-state index contributed by atoms with van der Waals surface area (Å²) in [6.45, 7) is 2.82. The van der Waals surface area contributed by atoms with E-state index in [1.165, 1.54) is 12.1 Å². The second-order valence-electron chi connectivity index (χ2n) is 8.14. The van der Waals surface area contributed by atoms with Crippen molar-refractivity contribution in [1.82, 2.24) is 19.9 Å². The highest BCUT2D eigenvalue weighted by atomic mass is 19.1. The van der Waals surface area contributed by atoms with Crippen molar-refractivity contribution in [2.45, 2.75) is 38.2 Å². The molecule has 1 saturated heterocycles. The van der Waals surface area contributed by atoms with Gasteiger partial charge in [0.15, 0.2) is 0 Å². The normalized spacial score (nSPS) is 20.9. The molecule has 5 rings (SSSR count). The van der Waals surface area contributed by atoms with E-state index in [1.54, 1.807) is 11.0 Å². The fraction of sp³-hybridized carbons (Fsp3) is 0.381.